The fraction of sp³-hybridized carbons (Fsp3) is 0.267. The number of Topliss-reactive ketones (excluding diaryl/α,β-unsaturated/α-hetero) is 1. The molecular formula is C30H29NO4. The lowest BCUT2D eigenvalue weighted by Crippen LogP contribution is -2.29. The van der Waals surface area contributed by atoms with E-state index in [2.05, 4.69) is 13.8 Å². The Hall–Kier alpha value is -3.86. The Balaban J connectivity index is 1.62. The lowest BCUT2D eigenvalue weighted by Gasteiger charge is -2.26. The summed E-state index contributed by atoms with van der Waals surface area (Å²) in [7, 11) is 0. The summed E-state index contributed by atoms with van der Waals surface area (Å²) < 4.78 is 5.78. The quantitative estimate of drug-likeness (QED) is 0.295. The number of rotatable bonds is 5. The van der Waals surface area contributed by atoms with Crippen molar-refractivity contribution in [2.45, 2.75) is 51.8 Å². The monoisotopic (exact) mass is 467 g/mol. The highest BCUT2D eigenvalue weighted by Crippen LogP contribution is 2.41. The molecule has 1 saturated heterocycles. The molecule has 35 heavy (non-hydrogen) atoms. The van der Waals surface area contributed by atoms with Crippen LogP contribution < -0.4 is 4.74 Å². The minimum atomic E-state index is -0.681. The maximum atomic E-state index is 13.3. The predicted octanol–water partition coefficient (Wildman–Crippen LogP) is 5.76. The fourth-order valence-corrected chi connectivity index (χ4v) is 4.96. The van der Waals surface area contributed by atoms with E-state index in [1.165, 1.54) is 5.56 Å². The molecule has 0 saturated carbocycles. The number of ketones is 1. The number of hydrogen-bond donors (Lipinski definition) is 1. The van der Waals surface area contributed by atoms with Crippen LogP contribution in [0.1, 0.15) is 60.5 Å². The Kier molecular flexibility index (Phi) is 5.93. The zero-order chi connectivity index (χ0) is 24.7. The molecule has 0 spiro atoms. The molecule has 5 nitrogen and oxygen atoms in total. The van der Waals surface area contributed by atoms with E-state index in [9.17, 15) is 14.7 Å². The molecule has 0 aliphatic carbocycles. The standard InChI is InChI=1S/C30H29NO4/c1-18(2)21-9-11-22(12-10-21)27-26(28(32)23-13-14-25-24(16-23)15-19(3)35-25)29(33)30(34)31(27)17-20-7-5-4-6-8-20/h4-14,16,18-19,27,32H,15,17H2,1-3H3/b28-26+/t19-,27+/m1/s1. The van der Waals surface area contributed by atoms with Gasteiger partial charge in [0, 0.05) is 18.5 Å². The summed E-state index contributed by atoms with van der Waals surface area (Å²) in [5.41, 5.74) is 4.50. The molecule has 5 rings (SSSR count). The van der Waals surface area contributed by atoms with Gasteiger partial charge in [-0.2, -0.15) is 0 Å². The zero-order valence-corrected chi connectivity index (χ0v) is 20.2. The highest BCUT2D eigenvalue weighted by atomic mass is 16.5. The van der Waals surface area contributed by atoms with Crippen LogP contribution in [0.3, 0.4) is 0 Å². The van der Waals surface area contributed by atoms with Crippen molar-refractivity contribution in [1.82, 2.24) is 4.90 Å². The largest absolute Gasteiger partial charge is 0.507 e. The van der Waals surface area contributed by atoms with E-state index >= 15 is 0 Å². The van der Waals surface area contributed by atoms with Gasteiger partial charge in [-0.25, -0.2) is 0 Å². The van der Waals surface area contributed by atoms with Crippen molar-refractivity contribution in [1.29, 1.82) is 0 Å². The number of nitrogens with zero attached hydrogens (tertiary/aromatic N) is 1. The number of benzene rings is 3. The molecule has 3 aromatic rings. The molecule has 3 aromatic carbocycles. The maximum Gasteiger partial charge on any atom is 0.295 e. The molecule has 1 fully saturated rings. The molecule has 2 aliphatic rings. The summed E-state index contributed by atoms with van der Waals surface area (Å²) in [6, 6.07) is 22.3. The van der Waals surface area contributed by atoms with Gasteiger partial charge in [-0.15, -0.1) is 0 Å². The van der Waals surface area contributed by atoms with Gasteiger partial charge in [-0.05, 0) is 53.3 Å². The van der Waals surface area contributed by atoms with Gasteiger partial charge >= 0.3 is 0 Å². The molecule has 178 valence electrons. The summed E-state index contributed by atoms with van der Waals surface area (Å²) in [6.45, 7) is 6.51. The molecule has 2 heterocycles. The van der Waals surface area contributed by atoms with Crippen molar-refractivity contribution in [2.24, 2.45) is 0 Å². The minimum Gasteiger partial charge on any atom is -0.507 e. The SMILES string of the molecule is CC(C)c1ccc([C@H]2/C(=C(\O)c3ccc4c(c3)C[C@@H](C)O4)C(=O)C(=O)N2Cc2ccccc2)cc1. The van der Waals surface area contributed by atoms with Crippen LogP contribution in [0.2, 0.25) is 0 Å². The van der Waals surface area contributed by atoms with Crippen LogP contribution in [-0.2, 0) is 22.6 Å². The summed E-state index contributed by atoms with van der Waals surface area (Å²) >= 11 is 0. The van der Waals surface area contributed by atoms with Gasteiger partial charge in [0.1, 0.15) is 17.6 Å². The Morgan fingerprint density at radius 2 is 1.74 bits per heavy atom. The first-order valence-electron chi connectivity index (χ1n) is 12.1. The molecule has 1 amide bonds. The Labute approximate surface area is 205 Å². The molecule has 2 aliphatic heterocycles. The number of likely N-dealkylation sites (tertiary alicyclic amines) is 1. The second-order valence-corrected chi connectivity index (χ2v) is 9.69. The van der Waals surface area contributed by atoms with Crippen LogP contribution in [0.4, 0.5) is 0 Å². The van der Waals surface area contributed by atoms with E-state index in [1.54, 1.807) is 11.0 Å². The molecule has 0 aromatic heterocycles. The Morgan fingerprint density at radius 1 is 1.03 bits per heavy atom. The minimum absolute atomic E-state index is 0.0679. The number of hydrogen-bond acceptors (Lipinski definition) is 4. The number of aliphatic hydroxyl groups is 1. The maximum absolute atomic E-state index is 13.3. The molecule has 5 heteroatoms. The van der Waals surface area contributed by atoms with Crippen LogP contribution in [0.15, 0.2) is 78.4 Å². The first-order chi connectivity index (χ1) is 16.8. The summed E-state index contributed by atoms with van der Waals surface area (Å²) in [5.74, 6) is -0.276. The topological polar surface area (TPSA) is 66.8 Å². The third-order valence-corrected chi connectivity index (χ3v) is 6.82. The van der Waals surface area contributed by atoms with Gasteiger partial charge in [0.15, 0.2) is 0 Å². The van der Waals surface area contributed by atoms with Crippen molar-refractivity contribution >= 4 is 17.4 Å². The van der Waals surface area contributed by atoms with Gasteiger partial charge in [0.2, 0.25) is 0 Å². The van der Waals surface area contributed by atoms with Crippen molar-refractivity contribution < 1.29 is 19.4 Å². The van der Waals surface area contributed by atoms with Gasteiger partial charge < -0.3 is 14.7 Å². The van der Waals surface area contributed by atoms with Crippen molar-refractivity contribution in [2.75, 3.05) is 0 Å². The molecule has 0 radical (unpaired) electrons. The van der Waals surface area contributed by atoms with E-state index < -0.39 is 17.7 Å². The molecule has 2 atom stereocenters. The number of carbonyl (C=O) groups is 2. The summed E-state index contributed by atoms with van der Waals surface area (Å²) in [4.78, 5) is 28.1. The lowest BCUT2D eigenvalue weighted by molar-refractivity contribution is -0.140. The summed E-state index contributed by atoms with van der Waals surface area (Å²) in [6.07, 6.45) is 0.803. The Bertz CT molecular complexity index is 1310. The van der Waals surface area contributed by atoms with E-state index in [0.29, 0.717) is 11.5 Å². The normalized spacial score (nSPS) is 20.9. The number of fused-ring (bicyclic) bond motifs is 1. The third-order valence-electron chi connectivity index (χ3n) is 6.82. The van der Waals surface area contributed by atoms with Gasteiger partial charge in [-0.1, -0.05) is 68.4 Å². The Morgan fingerprint density at radius 3 is 2.43 bits per heavy atom. The molecule has 0 unspecified atom stereocenters. The third kappa shape index (κ3) is 4.23. The molecular weight excluding hydrogens is 438 g/mol. The highest BCUT2D eigenvalue weighted by molar-refractivity contribution is 6.46. The van der Waals surface area contributed by atoms with Gasteiger partial charge in [0.05, 0.1) is 11.6 Å². The van der Waals surface area contributed by atoms with Crippen LogP contribution in [0.25, 0.3) is 5.76 Å². The summed E-state index contributed by atoms with van der Waals surface area (Å²) in [5, 5.41) is 11.4. The number of aliphatic hydroxyl groups excluding tert-OH is 1. The van der Waals surface area contributed by atoms with E-state index in [0.717, 1.165) is 28.9 Å². The molecule has 0 bridgehead atoms. The highest BCUT2D eigenvalue weighted by Gasteiger charge is 2.46. The smallest absolute Gasteiger partial charge is 0.295 e. The number of amides is 1. The van der Waals surface area contributed by atoms with Crippen LogP contribution in [0.5, 0.6) is 5.75 Å². The second-order valence-electron chi connectivity index (χ2n) is 9.69. The average Bonchev–Trinajstić information content (AvgIpc) is 3.35. The van der Waals surface area contributed by atoms with E-state index in [-0.39, 0.29) is 24.0 Å². The first kappa shape index (κ1) is 22.9. The van der Waals surface area contributed by atoms with Crippen LogP contribution in [-0.4, -0.2) is 27.8 Å². The first-order valence-corrected chi connectivity index (χ1v) is 12.1. The van der Waals surface area contributed by atoms with Gasteiger partial charge in [-0.3, -0.25) is 9.59 Å². The average molecular weight is 468 g/mol. The predicted molar refractivity (Wildman–Crippen MR) is 135 cm³/mol. The zero-order valence-electron chi connectivity index (χ0n) is 20.2. The van der Waals surface area contributed by atoms with Crippen molar-refractivity contribution in [3.05, 3.63) is 106 Å². The second kappa shape index (κ2) is 9.06. The fourth-order valence-electron chi connectivity index (χ4n) is 4.96. The molecule has 1 N–H and O–H groups in total. The van der Waals surface area contributed by atoms with Gasteiger partial charge in [0.25, 0.3) is 11.7 Å². The van der Waals surface area contributed by atoms with Crippen LogP contribution >= 0.6 is 0 Å². The van der Waals surface area contributed by atoms with Crippen LogP contribution in [0, 0.1) is 0 Å². The van der Waals surface area contributed by atoms with E-state index in [1.807, 2.05) is 73.7 Å². The van der Waals surface area contributed by atoms with E-state index in [4.69, 9.17) is 4.74 Å². The number of ether oxygens (including phenoxy) is 1. The number of carbonyl (C=O) groups excluding carboxylic acids is 2. The van der Waals surface area contributed by atoms with Crippen molar-refractivity contribution in [3.8, 4) is 5.75 Å². The van der Waals surface area contributed by atoms with Crippen molar-refractivity contribution in [3.63, 3.8) is 0 Å². The lowest BCUT2D eigenvalue weighted by atomic mass is 9.92.